The van der Waals surface area contributed by atoms with Gasteiger partial charge in [-0.2, -0.15) is 0 Å². The van der Waals surface area contributed by atoms with Gasteiger partial charge in [0.25, 0.3) is 5.56 Å². The summed E-state index contributed by atoms with van der Waals surface area (Å²) in [5.41, 5.74) is 9.67. The fraction of sp³-hybridized carbons (Fsp3) is 0.310. The zero-order valence-electron chi connectivity index (χ0n) is 20.3. The summed E-state index contributed by atoms with van der Waals surface area (Å²) in [6, 6.07) is 19.3. The lowest BCUT2D eigenvalue weighted by Crippen LogP contribution is -2.43. The average molecular weight is 472 g/mol. The Morgan fingerprint density at radius 1 is 1.06 bits per heavy atom. The number of aromatic nitrogens is 2. The van der Waals surface area contributed by atoms with Gasteiger partial charge in [0.1, 0.15) is 5.82 Å². The number of aryl methyl sites for hydroxylation is 1. The Labute approximate surface area is 204 Å². The van der Waals surface area contributed by atoms with Crippen LogP contribution >= 0.6 is 0 Å². The second kappa shape index (κ2) is 8.40. The van der Waals surface area contributed by atoms with Crippen molar-refractivity contribution in [2.24, 2.45) is 18.7 Å². The van der Waals surface area contributed by atoms with Crippen LogP contribution in [0.3, 0.4) is 0 Å². The van der Waals surface area contributed by atoms with Crippen LogP contribution in [-0.4, -0.2) is 20.3 Å². The molecule has 5 nitrogen and oxygen atoms in total. The number of halogens is 1. The smallest absolute Gasteiger partial charge is 0.250 e. The van der Waals surface area contributed by atoms with Crippen molar-refractivity contribution in [3.8, 4) is 22.4 Å². The van der Waals surface area contributed by atoms with Crippen molar-refractivity contribution < 1.29 is 9.50 Å². The van der Waals surface area contributed by atoms with Crippen LogP contribution in [0.15, 0.2) is 71.5 Å². The van der Waals surface area contributed by atoms with Gasteiger partial charge in [0.2, 0.25) is 0 Å². The predicted molar refractivity (Wildman–Crippen MR) is 137 cm³/mol. The molecule has 1 aliphatic carbocycles. The van der Waals surface area contributed by atoms with E-state index in [1.807, 2.05) is 44.2 Å². The summed E-state index contributed by atoms with van der Waals surface area (Å²) in [5, 5.41) is 10.9. The van der Waals surface area contributed by atoms with Crippen LogP contribution in [0.25, 0.3) is 33.4 Å². The third-order valence-electron chi connectivity index (χ3n) is 7.27. The molecule has 6 heteroatoms. The molecule has 1 fully saturated rings. The highest BCUT2D eigenvalue weighted by Crippen LogP contribution is 2.44. The normalized spacial score (nSPS) is 17.2. The van der Waals surface area contributed by atoms with Crippen LogP contribution in [0.4, 0.5) is 4.39 Å². The van der Waals surface area contributed by atoms with Gasteiger partial charge >= 0.3 is 0 Å². The van der Waals surface area contributed by atoms with E-state index in [1.54, 1.807) is 31.3 Å². The van der Waals surface area contributed by atoms with Gasteiger partial charge in [0, 0.05) is 35.3 Å². The minimum absolute atomic E-state index is 0.153. The van der Waals surface area contributed by atoms with E-state index >= 15 is 0 Å². The maximum atomic E-state index is 14.9. The second-order valence-electron chi connectivity index (χ2n) is 10.3. The van der Waals surface area contributed by atoms with E-state index in [4.69, 9.17) is 10.7 Å². The zero-order valence-corrected chi connectivity index (χ0v) is 20.3. The largest absolute Gasteiger partial charge is 0.390 e. The fourth-order valence-corrected chi connectivity index (χ4v) is 5.10. The third kappa shape index (κ3) is 4.40. The number of nitrogens with two attached hydrogens (primary N) is 1. The number of hydrogen-bond donors (Lipinski definition) is 2. The summed E-state index contributed by atoms with van der Waals surface area (Å²) in [4.78, 5) is 17.1. The molecule has 0 spiro atoms. The molecule has 0 aliphatic heterocycles. The first-order valence-electron chi connectivity index (χ1n) is 11.9. The SMILES string of the molecule is Cn1c(=O)ccc2nc(-c3ccc([C@@](C)(N)C[C@](C)(O)C4CC4)cc3)c(-c3ccccc3F)cc21. The van der Waals surface area contributed by atoms with Gasteiger partial charge in [0.15, 0.2) is 0 Å². The molecule has 1 aliphatic rings. The number of nitrogens with zero attached hydrogens (tertiary/aromatic N) is 2. The van der Waals surface area contributed by atoms with Gasteiger partial charge in [-0.25, -0.2) is 9.37 Å². The van der Waals surface area contributed by atoms with Crippen LogP contribution in [0.1, 0.15) is 38.7 Å². The van der Waals surface area contributed by atoms with E-state index in [0.717, 1.165) is 24.0 Å². The molecule has 0 amide bonds. The van der Waals surface area contributed by atoms with Gasteiger partial charge in [-0.05, 0) is 62.8 Å². The quantitative estimate of drug-likeness (QED) is 0.408. The van der Waals surface area contributed by atoms with E-state index in [1.165, 1.54) is 16.7 Å². The lowest BCUT2D eigenvalue weighted by molar-refractivity contribution is 0.00796. The standard InChI is InChI=1S/C29H30FN3O2/c1-28(31,17-29(2,35)20-12-13-20)19-10-8-18(9-11-19)27-22(21-6-4-5-7-23(21)30)16-25-24(32-27)14-15-26(34)33(25)3/h4-11,14-16,20,35H,12-13,17,31H2,1-3H3/t28-,29-/m0/s1. The molecule has 2 atom stereocenters. The first-order valence-corrected chi connectivity index (χ1v) is 11.9. The molecule has 3 N–H and O–H groups in total. The van der Waals surface area contributed by atoms with Crippen LogP contribution in [0.2, 0.25) is 0 Å². The molecule has 180 valence electrons. The lowest BCUT2D eigenvalue weighted by atomic mass is 9.79. The van der Waals surface area contributed by atoms with Crippen molar-refractivity contribution in [1.82, 2.24) is 9.55 Å². The van der Waals surface area contributed by atoms with Gasteiger partial charge in [-0.1, -0.05) is 42.5 Å². The average Bonchev–Trinajstić information content (AvgIpc) is 3.67. The van der Waals surface area contributed by atoms with Gasteiger partial charge in [-0.15, -0.1) is 0 Å². The minimum atomic E-state index is -0.796. The molecule has 0 saturated heterocycles. The fourth-order valence-electron chi connectivity index (χ4n) is 5.10. The monoisotopic (exact) mass is 471 g/mol. The van der Waals surface area contributed by atoms with Crippen molar-refractivity contribution in [3.05, 3.63) is 88.5 Å². The summed E-state index contributed by atoms with van der Waals surface area (Å²) in [6.07, 6.45) is 2.55. The van der Waals surface area contributed by atoms with Gasteiger partial charge < -0.3 is 15.4 Å². The van der Waals surface area contributed by atoms with Crippen LogP contribution in [-0.2, 0) is 12.6 Å². The molecule has 0 bridgehead atoms. The molecular formula is C29H30FN3O2. The molecule has 0 unspecified atom stereocenters. The molecule has 0 radical (unpaired) electrons. The Balaban J connectivity index is 1.61. The summed E-state index contributed by atoms with van der Waals surface area (Å²) < 4.78 is 16.4. The Morgan fingerprint density at radius 2 is 1.74 bits per heavy atom. The van der Waals surface area contributed by atoms with Crippen molar-refractivity contribution >= 4 is 11.0 Å². The summed E-state index contributed by atoms with van der Waals surface area (Å²) in [6.45, 7) is 3.82. The molecule has 1 saturated carbocycles. The van der Waals surface area contributed by atoms with Crippen molar-refractivity contribution in [2.45, 2.75) is 44.2 Å². The molecule has 2 aromatic carbocycles. The molecule has 4 aromatic rings. The predicted octanol–water partition coefficient (Wildman–Crippen LogP) is 5.13. The number of fused-ring (bicyclic) bond motifs is 1. The first kappa shape index (κ1) is 23.4. The van der Waals surface area contributed by atoms with Crippen LogP contribution in [0, 0.1) is 11.7 Å². The van der Waals surface area contributed by atoms with Crippen LogP contribution < -0.4 is 11.3 Å². The Hall–Kier alpha value is -3.35. The molecule has 5 rings (SSSR count). The highest BCUT2D eigenvalue weighted by atomic mass is 19.1. The highest BCUT2D eigenvalue weighted by Gasteiger charge is 2.43. The zero-order chi connectivity index (χ0) is 25.0. The number of aliphatic hydroxyl groups is 1. The maximum Gasteiger partial charge on any atom is 0.250 e. The van der Waals surface area contributed by atoms with E-state index < -0.39 is 11.1 Å². The minimum Gasteiger partial charge on any atom is -0.390 e. The first-order chi connectivity index (χ1) is 16.6. The molecule has 35 heavy (non-hydrogen) atoms. The van der Waals surface area contributed by atoms with Gasteiger partial charge in [0.05, 0.1) is 22.3 Å². The number of benzene rings is 2. The topological polar surface area (TPSA) is 81.1 Å². The van der Waals surface area contributed by atoms with Crippen LogP contribution in [0.5, 0.6) is 0 Å². The van der Waals surface area contributed by atoms with E-state index in [0.29, 0.717) is 40.2 Å². The molecule has 2 heterocycles. The highest BCUT2D eigenvalue weighted by molar-refractivity contribution is 5.90. The van der Waals surface area contributed by atoms with E-state index in [2.05, 4.69) is 0 Å². The Bertz CT molecular complexity index is 1470. The Kier molecular flexibility index (Phi) is 5.61. The summed E-state index contributed by atoms with van der Waals surface area (Å²) >= 11 is 0. The number of hydrogen-bond acceptors (Lipinski definition) is 4. The second-order valence-corrected chi connectivity index (χ2v) is 10.3. The number of rotatable bonds is 6. The van der Waals surface area contributed by atoms with Gasteiger partial charge in [-0.3, -0.25) is 4.79 Å². The molecular weight excluding hydrogens is 441 g/mol. The lowest BCUT2D eigenvalue weighted by Gasteiger charge is -2.34. The van der Waals surface area contributed by atoms with Crippen molar-refractivity contribution in [3.63, 3.8) is 0 Å². The maximum absolute atomic E-state index is 14.9. The summed E-state index contributed by atoms with van der Waals surface area (Å²) in [7, 11) is 1.69. The number of pyridine rings is 2. The van der Waals surface area contributed by atoms with Crippen molar-refractivity contribution in [2.75, 3.05) is 0 Å². The third-order valence-corrected chi connectivity index (χ3v) is 7.27. The Morgan fingerprint density at radius 3 is 2.40 bits per heavy atom. The summed E-state index contributed by atoms with van der Waals surface area (Å²) in [5.74, 6) is -0.0463. The van der Waals surface area contributed by atoms with Crippen molar-refractivity contribution in [1.29, 1.82) is 0 Å². The molecule has 2 aromatic heterocycles. The van der Waals surface area contributed by atoms with E-state index in [-0.39, 0.29) is 11.4 Å². The van der Waals surface area contributed by atoms with E-state index in [9.17, 15) is 14.3 Å².